The average molecular weight is 358 g/mol. The van der Waals surface area contributed by atoms with Gasteiger partial charge in [0.05, 0.1) is 5.69 Å². The normalized spacial score (nSPS) is 10.8. The Morgan fingerprint density at radius 3 is 1.92 bits per heavy atom. The van der Waals surface area contributed by atoms with Gasteiger partial charge in [0.1, 0.15) is 11.9 Å². The Kier molecular flexibility index (Phi) is 4.67. The lowest BCUT2D eigenvalue weighted by Crippen LogP contribution is -2.10. The molecule has 26 heavy (non-hydrogen) atoms. The van der Waals surface area contributed by atoms with Gasteiger partial charge in [0.15, 0.2) is 5.13 Å². The van der Waals surface area contributed by atoms with Gasteiger partial charge in [-0.25, -0.2) is 4.98 Å². The predicted octanol–water partition coefficient (Wildman–Crippen LogP) is 5.56. The van der Waals surface area contributed by atoms with Crippen molar-refractivity contribution in [3.63, 3.8) is 0 Å². The lowest BCUT2D eigenvalue weighted by atomic mass is 10.0. The zero-order chi connectivity index (χ0) is 17.8. The molecule has 1 aromatic heterocycles. The van der Waals surface area contributed by atoms with Crippen LogP contribution >= 0.6 is 11.3 Å². The van der Waals surface area contributed by atoms with Gasteiger partial charge in [0.25, 0.3) is 0 Å². The Labute approximate surface area is 156 Å². The van der Waals surface area contributed by atoms with Gasteiger partial charge in [0, 0.05) is 10.9 Å². The summed E-state index contributed by atoms with van der Waals surface area (Å²) in [4.78, 5) is 4.41. The maximum atomic E-state index is 6.51. The van der Waals surface area contributed by atoms with Gasteiger partial charge in [-0.3, -0.25) is 0 Å². The summed E-state index contributed by atoms with van der Waals surface area (Å²) in [7, 11) is 0. The van der Waals surface area contributed by atoms with E-state index in [1.807, 2.05) is 66.0 Å². The Morgan fingerprint density at radius 2 is 1.35 bits per heavy atom. The Hall–Kier alpha value is -3.11. The fraction of sp³-hybridized carbons (Fsp3) is 0.0455. The number of nitrogen functional groups attached to an aromatic ring is 1. The molecule has 0 spiro atoms. The third kappa shape index (κ3) is 3.46. The van der Waals surface area contributed by atoms with Crippen molar-refractivity contribution in [2.75, 3.05) is 5.73 Å². The van der Waals surface area contributed by atoms with Crippen LogP contribution in [0.3, 0.4) is 0 Å². The Balaban J connectivity index is 1.76. The van der Waals surface area contributed by atoms with Crippen LogP contribution in [-0.2, 0) is 0 Å². The van der Waals surface area contributed by atoms with Gasteiger partial charge >= 0.3 is 0 Å². The first-order valence-corrected chi connectivity index (χ1v) is 9.26. The van der Waals surface area contributed by atoms with Crippen molar-refractivity contribution in [3.8, 4) is 17.0 Å². The lowest BCUT2D eigenvalue weighted by Gasteiger charge is -2.21. The molecule has 2 N–H and O–H groups in total. The first-order chi connectivity index (χ1) is 12.8. The van der Waals surface area contributed by atoms with Crippen LogP contribution in [0.5, 0.6) is 5.75 Å². The van der Waals surface area contributed by atoms with Crippen LogP contribution in [0.1, 0.15) is 17.2 Å². The summed E-state index contributed by atoms with van der Waals surface area (Å²) in [6.07, 6.45) is -0.200. The van der Waals surface area contributed by atoms with Crippen LogP contribution in [0.25, 0.3) is 11.3 Å². The van der Waals surface area contributed by atoms with E-state index >= 15 is 0 Å². The van der Waals surface area contributed by atoms with Gasteiger partial charge in [-0.05, 0) is 23.3 Å². The van der Waals surface area contributed by atoms with E-state index in [9.17, 15) is 0 Å². The molecule has 0 aliphatic rings. The van der Waals surface area contributed by atoms with E-state index in [-0.39, 0.29) is 6.10 Å². The van der Waals surface area contributed by atoms with Crippen LogP contribution in [0, 0.1) is 0 Å². The highest BCUT2D eigenvalue weighted by molar-refractivity contribution is 7.13. The van der Waals surface area contributed by atoms with Gasteiger partial charge in [-0.2, -0.15) is 0 Å². The molecule has 0 radical (unpaired) electrons. The van der Waals surface area contributed by atoms with E-state index in [0.717, 1.165) is 28.1 Å². The molecule has 128 valence electrons. The minimum Gasteiger partial charge on any atom is -0.480 e. The zero-order valence-corrected chi connectivity index (χ0v) is 14.9. The highest BCUT2D eigenvalue weighted by atomic mass is 32.1. The fourth-order valence-corrected chi connectivity index (χ4v) is 3.47. The highest BCUT2D eigenvalue weighted by Gasteiger charge is 2.18. The number of benzene rings is 3. The molecule has 3 nitrogen and oxygen atoms in total. The average Bonchev–Trinajstić information content (AvgIpc) is 3.14. The molecular weight excluding hydrogens is 340 g/mol. The fourth-order valence-electron chi connectivity index (χ4n) is 2.90. The number of anilines is 1. The summed E-state index contributed by atoms with van der Waals surface area (Å²) < 4.78 is 6.51. The van der Waals surface area contributed by atoms with E-state index < -0.39 is 0 Å². The zero-order valence-electron chi connectivity index (χ0n) is 14.1. The second kappa shape index (κ2) is 7.42. The van der Waals surface area contributed by atoms with Gasteiger partial charge < -0.3 is 10.5 Å². The summed E-state index contributed by atoms with van der Waals surface area (Å²) >= 11 is 1.43. The molecule has 0 unspecified atom stereocenters. The number of nitrogens with two attached hydrogens (primary N) is 1. The van der Waals surface area contributed by atoms with Crippen LogP contribution in [0.2, 0.25) is 0 Å². The van der Waals surface area contributed by atoms with E-state index in [4.69, 9.17) is 10.5 Å². The summed E-state index contributed by atoms with van der Waals surface area (Å²) in [6, 6.07) is 28.4. The molecule has 0 aliphatic carbocycles. The highest BCUT2D eigenvalue weighted by Crippen LogP contribution is 2.36. The van der Waals surface area contributed by atoms with Crippen molar-refractivity contribution in [3.05, 3.63) is 101 Å². The number of hydrogen-bond donors (Lipinski definition) is 1. The van der Waals surface area contributed by atoms with Crippen molar-refractivity contribution in [2.45, 2.75) is 6.10 Å². The standard InChI is InChI=1S/C22H18N2OS/c23-22-24-19(15-26-22)18-13-7-8-14-20(18)25-21(16-9-3-1-4-10-16)17-11-5-2-6-12-17/h1-15,21H,(H2,23,24). The minimum absolute atomic E-state index is 0.200. The Morgan fingerprint density at radius 1 is 0.769 bits per heavy atom. The molecule has 4 aromatic rings. The molecule has 0 atom stereocenters. The largest absolute Gasteiger partial charge is 0.480 e. The topological polar surface area (TPSA) is 48.1 Å². The van der Waals surface area contributed by atoms with E-state index in [1.165, 1.54) is 11.3 Å². The molecule has 0 aliphatic heterocycles. The van der Waals surface area contributed by atoms with Crippen LogP contribution < -0.4 is 10.5 Å². The third-order valence-electron chi connectivity index (χ3n) is 4.13. The van der Waals surface area contributed by atoms with Gasteiger partial charge in [-0.1, -0.05) is 72.8 Å². The Bertz CT molecular complexity index is 944. The van der Waals surface area contributed by atoms with Crippen molar-refractivity contribution in [1.29, 1.82) is 0 Å². The molecule has 0 saturated heterocycles. The molecule has 0 saturated carbocycles. The molecule has 4 rings (SSSR count). The summed E-state index contributed by atoms with van der Waals surface area (Å²) in [5.41, 5.74) is 9.80. The van der Waals surface area contributed by atoms with Crippen LogP contribution in [-0.4, -0.2) is 4.98 Å². The van der Waals surface area contributed by atoms with Crippen molar-refractivity contribution in [1.82, 2.24) is 4.98 Å². The van der Waals surface area contributed by atoms with E-state index in [1.54, 1.807) is 0 Å². The van der Waals surface area contributed by atoms with Crippen molar-refractivity contribution in [2.24, 2.45) is 0 Å². The second-order valence-corrected chi connectivity index (χ2v) is 6.78. The van der Waals surface area contributed by atoms with Crippen molar-refractivity contribution >= 4 is 16.5 Å². The smallest absolute Gasteiger partial charge is 0.180 e. The summed E-state index contributed by atoms with van der Waals surface area (Å²) in [6.45, 7) is 0. The number of aromatic nitrogens is 1. The van der Waals surface area contributed by atoms with Crippen LogP contribution in [0.15, 0.2) is 90.3 Å². The molecular formula is C22H18N2OS. The first kappa shape index (κ1) is 16.4. The molecule has 0 fully saturated rings. The third-order valence-corrected chi connectivity index (χ3v) is 4.81. The molecule has 3 aromatic carbocycles. The second-order valence-electron chi connectivity index (χ2n) is 5.89. The number of para-hydroxylation sites is 1. The summed E-state index contributed by atoms with van der Waals surface area (Å²) in [5, 5.41) is 2.51. The molecule has 0 bridgehead atoms. The maximum absolute atomic E-state index is 6.51. The number of hydrogen-bond acceptors (Lipinski definition) is 4. The number of rotatable bonds is 5. The molecule has 1 heterocycles. The SMILES string of the molecule is Nc1nc(-c2ccccc2OC(c2ccccc2)c2ccccc2)cs1. The number of thiazole rings is 1. The molecule has 4 heteroatoms. The van der Waals surface area contributed by atoms with E-state index in [2.05, 4.69) is 29.2 Å². The van der Waals surface area contributed by atoms with Gasteiger partial charge in [-0.15, -0.1) is 11.3 Å². The first-order valence-electron chi connectivity index (χ1n) is 8.38. The monoisotopic (exact) mass is 358 g/mol. The van der Waals surface area contributed by atoms with Gasteiger partial charge in [0.2, 0.25) is 0 Å². The lowest BCUT2D eigenvalue weighted by molar-refractivity contribution is 0.248. The quantitative estimate of drug-likeness (QED) is 0.508. The maximum Gasteiger partial charge on any atom is 0.180 e. The number of ether oxygens (including phenoxy) is 1. The predicted molar refractivity (Wildman–Crippen MR) is 107 cm³/mol. The van der Waals surface area contributed by atoms with Crippen molar-refractivity contribution < 1.29 is 4.74 Å². The minimum atomic E-state index is -0.200. The summed E-state index contributed by atoms with van der Waals surface area (Å²) in [5.74, 6) is 0.788. The molecule has 0 amide bonds. The van der Waals surface area contributed by atoms with Crippen LogP contribution in [0.4, 0.5) is 5.13 Å². The number of nitrogens with zero attached hydrogens (tertiary/aromatic N) is 1. The van der Waals surface area contributed by atoms with E-state index in [0.29, 0.717) is 5.13 Å².